The first kappa shape index (κ1) is 10.4. The lowest BCUT2D eigenvalue weighted by molar-refractivity contribution is -0.104. The Kier molecular flexibility index (Phi) is 4.09. The summed E-state index contributed by atoms with van der Waals surface area (Å²) >= 11 is 4.39. The molecule has 0 radical (unpaired) electrons. The summed E-state index contributed by atoms with van der Waals surface area (Å²) in [6, 6.07) is 0. The maximum absolute atomic E-state index is 10.8. The van der Waals surface area contributed by atoms with Crippen LogP contribution in [0.3, 0.4) is 0 Å². The quantitative estimate of drug-likeness (QED) is 0.412. The number of aldehydes is 1. The van der Waals surface area contributed by atoms with Gasteiger partial charge in [-0.15, -0.1) is 12.6 Å². The fraction of sp³-hybridized carbons (Fsp3) is 0.500. The third-order valence-electron chi connectivity index (χ3n) is 2.21. The highest BCUT2D eigenvalue weighted by atomic mass is 32.1. The van der Waals surface area contributed by atoms with Gasteiger partial charge in [-0.3, -0.25) is 4.79 Å². The molecular formula is C10H15NOS. The number of thiol groups is 1. The highest BCUT2D eigenvalue weighted by Gasteiger charge is 2.13. The maximum Gasteiger partial charge on any atom is 0.151 e. The van der Waals surface area contributed by atoms with Crippen molar-refractivity contribution in [1.82, 2.24) is 5.32 Å². The lowest BCUT2D eigenvalue weighted by Gasteiger charge is -2.16. The molecule has 0 aliphatic heterocycles. The Morgan fingerprint density at radius 3 is 2.69 bits per heavy atom. The van der Waals surface area contributed by atoms with Crippen molar-refractivity contribution >= 4 is 18.9 Å². The van der Waals surface area contributed by atoms with Crippen molar-refractivity contribution in [3.8, 4) is 0 Å². The number of rotatable bonds is 3. The van der Waals surface area contributed by atoms with Crippen molar-refractivity contribution in [2.75, 3.05) is 7.05 Å². The van der Waals surface area contributed by atoms with Crippen molar-refractivity contribution < 1.29 is 4.79 Å². The number of allylic oxidation sites excluding steroid dienone is 3. The number of carbonyl (C=O) groups excluding carboxylic acids is 1. The molecule has 0 atom stereocenters. The molecule has 0 fully saturated rings. The number of nitrogens with one attached hydrogen (secondary N) is 1. The third kappa shape index (κ3) is 2.62. The molecule has 0 aromatic rings. The standard InChI is InChI=1S/C10H15NOS/c1-11-6-8(7-12)9-4-2-3-5-10(9)13/h6-7,11,13H,2-5H2,1H3/b8-6+. The van der Waals surface area contributed by atoms with Crippen LogP contribution in [0.15, 0.2) is 22.3 Å². The van der Waals surface area contributed by atoms with E-state index in [0.29, 0.717) is 0 Å². The Morgan fingerprint density at radius 2 is 2.15 bits per heavy atom. The smallest absolute Gasteiger partial charge is 0.151 e. The van der Waals surface area contributed by atoms with E-state index in [1.165, 1.54) is 6.42 Å². The second-order valence-corrected chi connectivity index (χ2v) is 3.68. The first-order chi connectivity index (χ1) is 6.29. The first-order valence-electron chi connectivity index (χ1n) is 4.53. The van der Waals surface area contributed by atoms with Gasteiger partial charge in [0.1, 0.15) is 0 Å². The average molecular weight is 197 g/mol. The molecule has 0 heterocycles. The van der Waals surface area contributed by atoms with Crippen LogP contribution >= 0.6 is 12.6 Å². The summed E-state index contributed by atoms with van der Waals surface area (Å²) in [7, 11) is 1.80. The predicted octanol–water partition coefficient (Wildman–Crippen LogP) is 2.05. The molecule has 0 aromatic carbocycles. The minimum Gasteiger partial charge on any atom is -0.393 e. The summed E-state index contributed by atoms with van der Waals surface area (Å²) in [4.78, 5) is 11.8. The summed E-state index contributed by atoms with van der Waals surface area (Å²) in [6.45, 7) is 0. The van der Waals surface area contributed by atoms with E-state index in [-0.39, 0.29) is 0 Å². The topological polar surface area (TPSA) is 29.1 Å². The molecule has 13 heavy (non-hydrogen) atoms. The molecule has 0 aromatic heterocycles. The summed E-state index contributed by atoms with van der Waals surface area (Å²) in [5.74, 6) is 0. The van der Waals surface area contributed by atoms with Gasteiger partial charge in [0.2, 0.25) is 0 Å². The van der Waals surface area contributed by atoms with Gasteiger partial charge in [0.05, 0.1) is 0 Å². The summed E-state index contributed by atoms with van der Waals surface area (Å²) in [5.41, 5.74) is 1.85. The van der Waals surface area contributed by atoms with Crippen LogP contribution in [-0.2, 0) is 4.79 Å². The van der Waals surface area contributed by atoms with Crippen LogP contribution < -0.4 is 5.32 Å². The Bertz CT molecular complexity index is 256. The Balaban J connectivity index is 2.89. The van der Waals surface area contributed by atoms with Gasteiger partial charge in [0.15, 0.2) is 6.29 Å². The minimum absolute atomic E-state index is 0.743. The summed E-state index contributed by atoms with van der Waals surface area (Å²) < 4.78 is 0. The monoisotopic (exact) mass is 197 g/mol. The average Bonchev–Trinajstić information content (AvgIpc) is 2.16. The van der Waals surface area contributed by atoms with Gasteiger partial charge < -0.3 is 5.32 Å². The van der Waals surface area contributed by atoms with E-state index in [1.807, 2.05) is 0 Å². The minimum atomic E-state index is 0.743. The van der Waals surface area contributed by atoms with Gasteiger partial charge in [0, 0.05) is 18.8 Å². The highest BCUT2D eigenvalue weighted by Crippen LogP contribution is 2.30. The largest absolute Gasteiger partial charge is 0.393 e. The molecule has 0 amide bonds. The van der Waals surface area contributed by atoms with Gasteiger partial charge >= 0.3 is 0 Å². The second kappa shape index (κ2) is 5.12. The molecule has 2 nitrogen and oxygen atoms in total. The van der Waals surface area contributed by atoms with Crippen LogP contribution in [0.4, 0.5) is 0 Å². The fourth-order valence-corrected chi connectivity index (χ4v) is 1.95. The van der Waals surface area contributed by atoms with E-state index in [9.17, 15) is 4.79 Å². The Labute approximate surface area is 84.5 Å². The summed E-state index contributed by atoms with van der Waals surface area (Å²) in [6.07, 6.45) is 6.97. The molecule has 0 saturated carbocycles. The number of hydrogen-bond acceptors (Lipinski definition) is 3. The van der Waals surface area contributed by atoms with E-state index in [1.54, 1.807) is 13.2 Å². The number of hydrogen-bond donors (Lipinski definition) is 2. The molecule has 0 saturated heterocycles. The molecule has 1 aliphatic carbocycles. The summed E-state index contributed by atoms with van der Waals surface area (Å²) in [5, 5.41) is 2.88. The molecule has 0 unspecified atom stereocenters. The molecule has 1 aliphatic rings. The lowest BCUT2D eigenvalue weighted by Crippen LogP contribution is -2.04. The van der Waals surface area contributed by atoms with Crippen molar-refractivity contribution in [3.63, 3.8) is 0 Å². The van der Waals surface area contributed by atoms with Crippen LogP contribution in [0.5, 0.6) is 0 Å². The molecular weight excluding hydrogens is 182 g/mol. The van der Waals surface area contributed by atoms with E-state index >= 15 is 0 Å². The van der Waals surface area contributed by atoms with Gasteiger partial charge in [-0.2, -0.15) is 0 Å². The van der Waals surface area contributed by atoms with Crippen LogP contribution in [0.1, 0.15) is 25.7 Å². The van der Waals surface area contributed by atoms with E-state index < -0.39 is 0 Å². The maximum atomic E-state index is 10.8. The molecule has 1 N–H and O–H groups in total. The van der Waals surface area contributed by atoms with Crippen LogP contribution in [-0.4, -0.2) is 13.3 Å². The lowest BCUT2D eigenvalue weighted by atomic mass is 9.94. The Morgan fingerprint density at radius 1 is 1.46 bits per heavy atom. The van der Waals surface area contributed by atoms with E-state index in [2.05, 4.69) is 17.9 Å². The normalized spacial score (nSPS) is 18.8. The van der Waals surface area contributed by atoms with Gasteiger partial charge in [0.25, 0.3) is 0 Å². The van der Waals surface area contributed by atoms with Gasteiger partial charge in [-0.1, -0.05) is 0 Å². The van der Waals surface area contributed by atoms with Crippen molar-refractivity contribution in [2.24, 2.45) is 0 Å². The van der Waals surface area contributed by atoms with E-state index in [4.69, 9.17) is 0 Å². The predicted molar refractivity (Wildman–Crippen MR) is 57.7 cm³/mol. The van der Waals surface area contributed by atoms with Crippen LogP contribution in [0.2, 0.25) is 0 Å². The molecule has 72 valence electrons. The fourth-order valence-electron chi connectivity index (χ4n) is 1.55. The molecule has 0 bridgehead atoms. The van der Waals surface area contributed by atoms with Crippen molar-refractivity contribution in [2.45, 2.75) is 25.7 Å². The zero-order valence-corrected chi connectivity index (χ0v) is 8.73. The zero-order valence-electron chi connectivity index (χ0n) is 7.84. The molecule has 0 spiro atoms. The zero-order chi connectivity index (χ0) is 9.68. The van der Waals surface area contributed by atoms with Crippen LogP contribution in [0, 0.1) is 0 Å². The van der Waals surface area contributed by atoms with E-state index in [0.717, 1.165) is 41.6 Å². The highest BCUT2D eigenvalue weighted by molar-refractivity contribution is 7.84. The first-order valence-corrected chi connectivity index (χ1v) is 4.98. The molecule has 1 rings (SSSR count). The van der Waals surface area contributed by atoms with Crippen molar-refractivity contribution in [3.05, 3.63) is 22.3 Å². The second-order valence-electron chi connectivity index (χ2n) is 3.14. The van der Waals surface area contributed by atoms with Gasteiger partial charge in [-0.25, -0.2) is 0 Å². The Hall–Kier alpha value is -0.700. The van der Waals surface area contributed by atoms with Crippen molar-refractivity contribution in [1.29, 1.82) is 0 Å². The van der Waals surface area contributed by atoms with Gasteiger partial charge in [-0.05, 0) is 36.2 Å². The SMILES string of the molecule is CN/C=C(\C=O)C1=C(S)CCCC1. The third-order valence-corrected chi connectivity index (χ3v) is 2.71. The van der Waals surface area contributed by atoms with Crippen LogP contribution in [0.25, 0.3) is 0 Å². The molecule has 3 heteroatoms. The number of carbonyl (C=O) groups is 1.